The van der Waals surface area contributed by atoms with Crippen molar-refractivity contribution >= 4 is 34.9 Å². The Balaban J connectivity index is 1.46. The molecule has 0 radical (unpaired) electrons. The minimum atomic E-state index is -0.349. The largest absolute Gasteiger partial charge is 0.423 e. The van der Waals surface area contributed by atoms with Crippen LogP contribution in [0, 0.1) is 0 Å². The minimum absolute atomic E-state index is 0.349. The summed E-state index contributed by atoms with van der Waals surface area (Å²) in [6.07, 6.45) is 1.81. The number of carbonyl (C=O) groups excluding carboxylic acids is 1. The number of anilines is 1. The number of esters is 1. The summed E-state index contributed by atoms with van der Waals surface area (Å²) >= 11 is 12.3. The van der Waals surface area contributed by atoms with Gasteiger partial charge in [0.2, 0.25) is 0 Å². The zero-order valence-corrected chi connectivity index (χ0v) is 16.7. The predicted molar refractivity (Wildman–Crippen MR) is 114 cm³/mol. The van der Waals surface area contributed by atoms with Crippen LogP contribution in [-0.4, -0.2) is 19.1 Å². The van der Waals surface area contributed by atoms with Crippen molar-refractivity contribution in [3.8, 4) is 5.75 Å². The van der Waals surface area contributed by atoms with E-state index in [9.17, 15) is 4.79 Å². The number of fused-ring (bicyclic) bond motifs is 1. The molecule has 28 heavy (non-hydrogen) atoms. The molecular weight excluding hydrogens is 393 g/mol. The third kappa shape index (κ3) is 4.16. The second-order valence-corrected chi connectivity index (χ2v) is 7.61. The van der Waals surface area contributed by atoms with E-state index < -0.39 is 0 Å². The molecule has 0 atom stereocenters. The summed E-state index contributed by atoms with van der Waals surface area (Å²) in [6, 6.07) is 20.5. The smallest absolute Gasteiger partial charge is 0.343 e. The van der Waals surface area contributed by atoms with Gasteiger partial charge in [0.1, 0.15) is 5.75 Å². The Bertz CT molecular complexity index is 1000. The second-order valence-electron chi connectivity index (χ2n) is 6.77. The van der Waals surface area contributed by atoms with Gasteiger partial charge in [-0.25, -0.2) is 4.79 Å². The monoisotopic (exact) mass is 411 g/mol. The van der Waals surface area contributed by atoms with E-state index in [1.165, 1.54) is 5.56 Å². The van der Waals surface area contributed by atoms with Crippen LogP contribution in [0.1, 0.15) is 21.5 Å². The number of halogens is 2. The van der Waals surface area contributed by atoms with Crippen molar-refractivity contribution in [3.05, 3.63) is 93.5 Å². The van der Waals surface area contributed by atoms with Gasteiger partial charge in [-0.3, -0.25) is 0 Å². The molecule has 1 aliphatic heterocycles. The standard InChI is InChI=1S/C23H19Cl2NO2/c24-19-8-6-16(21(25)14-19)10-12-26-13-11-17-7-9-20(15-22(17)26)28-23(27)18-4-2-1-3-5-18/h1-9,14-15H,10-13H2. The van der Waals surface area contributed by atoms with Gasteiger partial charge >= 0.3 is 5.97 Å². The first kappa shape index (κ1) is 18.9. The number of hydrogen-bond donors (Lipinski definition) is 0. The molecule has 1 aliphatic rings. The van der Waals surface area contributed by atoms with Gasteiger partial charge in [0, 0.05) is 34.9 Å². The normalized spacial score (nSPS) is 12.7. The van der Waals surface area contributed by atoms with E-state index >= 15 is 0 Å². The highest BCUT2D eigenvalue weighted by Gasteiger charge is 2.20. The second kappa shape index (κ2) is 8.26. The van der Waals surface area contributed by atoms with Crippen molar-refractivity contribution in [1.82, 2.24) is 0 Å². The molecule has 0 unspecified atom stereocenters. The number of ether oxygens (including phenoxy) is 1. The Morgan fingerprint density at radius 2 is 1.82 bits per heavy atom. The molecule has 0 bridgehead atoms. The number of rotatable bonds is 5. The van der Waals surface area contributed by atoms with Crippen LogP contribution in [0.4, 0.5) is 5.69 Å². The summed E-state index contributed by atoms with van der Waals surface area (Å²) in [4.78, 5) is 14.6. The summed E-state index contributed by atoms with van der Waals surface area (Å²) < 4.78 is 5.57. The highest BCUT2D eigenvalue weighted by molar-refractivity contribution is 6.35. The van der Waals surface area contributed by atoms with Crippen LogP contribution in [0.15, 0.2) is 66.7 Å². The first-order valence-corrected chi connectivity index (χ1v) is 9.95. The topological polar surface area (TPSA) is 29.5 Å². The van der Waals surface area contributed by atoms with E-state index in [1.54, 1.807) is 18.2 Å². The molecule has 0 spiro atoms. The maximum absolute atomic E-state index is 12.3. The molecule has 3 nitrogen and oxygen atoms in total. The Morgan fingerprint density at radius 3 is 2.61 bits per heavy atom. The zero-order chi connectivity index (χ0) is 19.5. The van der Waals surface area contributed by atoms with Crippen molar-refractivity contribution < 1.29 is 9.53 Å². The molecule has 3 aromatic rings. The van der Waals surface area contributed by atoms with Crippen molar-refractivity contribution in [2.45, 2.75) is 12.8 Å². The Labute approximate surface area is 174 Å². The lowest BCUT2D eigenvalue weighted by molar-refractivity contribution is 0.0735. The lowest BCUT2D eigenvalue weighted by Gasteiger charge is -2.20. The van der Waals surface area contributed by atoms with Gasteiger partial charge in [-0.15, -0.1) is 0 Å². The third-order valence-corrected chi connectivity index (χ3v) is 5.52. The Hall–Kier alpha value is -2.49. The number of benzene rings is 3. The molecule has 0 saturated carbocycles. The van der Waals surface area contributed by atoms with Gasteiger partial charge in [-0.05, 0) is 54.3 Å². The molecule has 4 rings (SSSR count). The van der Waals surface area contributed by atoms with Crippen LogP contribution in [0.3, 0.4) is 0 Å². The van der Waals surface area contributed by atoms with Crippen LogP contribution in [0.2, 0.25) is 10.0 Å². The van der Waals surface area contributed by atoms with Gasteiger partial charge in [0.25, 0.3) is 0 Å². The number of carbonyl (C=O) groups is 1. The predicted octanol–water partition coefficient (Wildman–Crippen LogP) is 5.82. The first-order chi connectivity index (χ1) is 13.6. The summed E-state index contributed by atoms with van der Waals surface area (Å²) in [7, 11) is 0. The van der Waals surface area contributed by atoms with E-state index in [0.717, 1.165) is 37.2 Å². The Kier molecular flexibility index (Phi) is 5.56. The summed E-state index contributed by atoms with van der Waals surface area (Å²) in [5, 5.41) is 1.34. The van der Waals surface area contributed by atoms with Crippen LogP contribution in [0.25, 0.3) is 0 Å². The minimum Gasteiger partial charge on any atom is -0.423 e. The maximum atomic E-state index is 12.3. The Morgan fingerprint density at radius 1 is 1.00 bits per heavy atom. The van der Waals surface area contributed by atoms with E-state index in [4.69, 9.17) is 27.9 Å². The van der Waals surface area contributed by atoms with E-state index in [2.05, 4.69) is 4.90 Å². The average Bonchev–Trinajstić information content (AvgIpc) is 3.10. The van der Waals surface area contributed by atoms with Crippen molar-refractivity contribution in [1.29, 1.82) is 0 Å². The van der Waals surface area contributed by atoms with E-state index in [-0.39, 0.29) is 5.97 Å². The van der Waals surface area contributed by atoms with Gasteiger partial charge in [0.05, 0.1) is 5.56 Å². The number of nitrogens with zero attached hydrogens (tertiary/aromatic N) is 1. The lowest BCUT2D eigenvalue weighted by atomic mass is 10.1. The lowest BCUT2D eigenvalue weighted by Crippen LogP contribution is -2.23. The van der Waals surface area contributed by atoms with Gasteiger partial charge < -0.3 is 9.64 Å². The van der Waals surface area contributed by atoms with Crippen LogP contribution in [0.5, 0.6) is 5.75 Å². The summed E-state index contributed by atoms with van der Waals surface area (Å²) in [6.45, 7) is 1.78. The quantitative estimate of drug-likeness (QED) is 0.391. The van der Waals surface area contributed by atoms with Crippen LogP contribution in [-0.2, 0) is 12.8 Å². The molecular formula is C23H19Cl2NO2. The summed E-state index contributed by atoms with van der Waals surface area (Å²) in [5.41, 5.74) is 3.99. The first-order valence-electron chi connectivity index (χ1n) is 9.19. The summed E-state index contributed by atoms with van der Waals surface area (Å²) in [5.74, 6) is 0.210. The molecule has 0 saturated heterocycles. The van der Waals surface area contributed by atoms with Gasteiger partial charge in [-0.1, -0.05) is 53.5 Å². The molecule has 1 heterocycles. The fourth-order valence-electron chi connectivity index (χ4n) is 3.44. The number of hydrogen-bond acceptors (Lipinski definition) is 3. The average molecular weight is 412 g/mol. The maximum Gasteiger partial charge on any atom is 0.343 e. The van der Waals surface area contributed by atoms with Crippen molar-refractivity contribution in [2.75, 3.05) is 18.0 Å². The van der Waals surface area contributed by atoms with E-state index in [0.29, 0.717) is 21.4 Å². The molecule has 0 N–H and O–H groups in total. The molecule has 142 valence electrons. The molecule has 0 aliphatic carbocycles. The molecule has 3 aromatic carbocycles. The molecule has 0 fully saturated rings. The van der Waals surface area contributed by atoms with Crippen molar-refractivity contribution in [3.63, 3.8) is 0 Å². The third-order valence-electron chi connectivity index (χ3n) is 4.93. The van der Waals surface area contributed by atoms with E-state index in [1.807, 2.05) is 48.5 Å². The van der Waals surface area contributed by atoms with Gasteiger partial charge in [0.15, 0.2) is 0 Å². The highest BCUT2D eigenvalue weighted by atomic mass is 35.5. The van der Waals surface area contributed by atoms with Gasteiger partial charge in [-0.2, -0.15) is 0 Å². The fraction of sp³-hybridized carbons (Fsp3) is 0.174. The van der Waals surface area contributed by atoms with Crippen LogP contribution < -0.4 is 9.64 Å². The van der Waals surface area contributed by atoms with Crippen molar-refractivity contribution in [2.24, 2.45) is 0 Å². The fourth-order valence-corrected chi connectivity index (χ4v) is 3.94. The highest BCUT2D eigenvalue weighted by Crippen LogP contribution is 2.32. The molecule has 0 amide bonds. The zero-order valence-electron chi connectivity index (χ0n) is 15.2. The molecule has 5 heteroatoms. The SMILES string of the molecule is O=C(Oc1ccc2c(c1)N(CCc1ccc(Cl)cc1Cl)CC2)c1ccccc1. The molecule has 0 aromatic heterocycles. The van der Waals surface area contributed by atoms with Crippen LogP contribution >= 0.6 is 23.2 Å².